The third kappa shape index (κ3) is 1.79. The van der Waals surface area contributed by atoms with Crippen LogP contribution in [0, 0.1) is 0 Å². The Bertz CT molecular complexity index is 448. The van der Waals surface area contributed by atoms with Crippen LogP contribution < -0.4 is 4.74 Å². The minimum absolute atomic E-state index is 0.354. The number of rotatable bonds is 3. The number of halogens is 1. The number of carbonyl (C=O) groups excluding carboxylic acids is 1. The predicted molar refractivity (Wildman–Crippen MR) is 64.3 cm³/mol. The zero-order valence-corrected chi connectivity index (χ0v) is 10.6. The molecule has 0 radical (unpaired) electrons. The van der Waals surface area contributed by atoms with Crippen LogP contribution >= 0.6 is 15.9 Å². The molecule has 0 atom stereocenters. The highest BCUT2D eigenvalue weighted by Gasteiger charge is 2.40. The minimum atomic E-state index is -0.354. The lowest BCUT2D eigenvalue weighted by atomic mass is 9.72. The van der Waals surface area contributed by atoms with Gasteiger partial charge in [0.2, 0.25) is 6.08 Å². The lowest BCUT2D eigenvalue weighted by Crippen LogP contribution is -2.32. The number of aliphatic imine (C=N–C) groups is 1. The van der Waals surface area contributed by atoms with Crippen LogP contribution in [0.4, 0.5) is 0 Å². The topological polar surface area (TPSA) is 38.7 Å². The standard InChI is InChI=1S/C12H12BrNO2/c1-16-9-3-4-10(11(13)7-9)12(14-8-15)5-2-6-12/h3-4,7H,2,5-6H2,1H3. The van der Waals surface area contributed by atoms with Gasteiger partial charge < -0.3 is 4.74 Å². The van der Waals surface area contributed by atoms with Crippen molar-refractivity contribution in [3.8, 4) is 5.75 Å². The molecule has 0 aromatic heterocycles. The summed E-state index contributed by atoms with van der Waals surface area (Å²) in [5, 5.41) is 0. The van der Waals surface area contributed by atoms with Gasteiger partial charge in [0.15, 0.2) is 0 Å². The zero-order valence-electron chi connectivity index (χ0n) is 9.00. The van der Waals surface area contributed by atoms with Crippen molar-refractivity contribution < 1.29 is 9.53 Å². The second-order valence-corrected chi connectivity index (χ2v) is 4.79. The summed E-state index contributed by atoms with van der Waals surface area (Å²) in [5.74, 6) is 0.792. The number of benzene rings is 1. The molecule has 0 bridgehead atoms. The van der Waals surface area contributed by atoms with Gasteiger partial charge in [-0.25, -0.2) is 4.79 Å². The van der Waals surface area contributed by atoms with E-state index in [0.717, 1.165) is 35.0 Å². The van der Waals surface area contributed by atoms with Gasteiger partial charge >= 0.3 is 0 Å². The van der Waals surface area contributed by atoms with E-state index in [0.29, 0.717) is 0 Å². The summed E-state index contributed by atoms with van der Waals surface area (Å²) in [4.78, 5) is 14.5. The zero-order chi connectivity index (χ0) is 11.6. The fourth-order valence-corrected chi connectivity index (χ4v) is 2.77. The molecule has 0 N–H and O–H groups in total. The molecule has 1 aliphatic carbocycles. The van der Waals surface area contributed by atoms with Crippen LogP contribution in [0.5, 0.6) is 5.75 Å². The second kappa shape index (κ2) is 4.40. The molecule has 1 aliphatic rings. The molecule has 84 valence electrons. The maximum absolute atomic E-state index is 10.5. The SMILES string of the molecule is COc1ccc(C2(N=C=O)CCC2)c(Br)c1. The van der Waals surface area contributed by atoms with Crippen LogP contribution in [-0.2, 0) is 10.3 Å². The molecular formula is C12H12BrNO2. The fraction of sp³-hybridized carbons (Fsp3) is 0.417. The third-order valence-electron chi connectivity index (χ3n) is 3.12. The Morgan fingerprint density at radius 1 is 1.50 bits per heavy atom. The van der Waals surface area contributed by atoms with E-state index in [4.69, 9.17) is 4.74 Å². The molecule has 0 unspecified atom stereocenters. The Morgan fingerprint density at radius 3 is 2.69 bits per heavy atom. The van der Waals surface area contributed by atoms with E-state index < -0.39 is 0 Å². The van der Waals surface area contributed by atoms with Crippen LogP contribution in [0.1, 0.15) is 24.8 Å². The first kappa shape index (κ1) is 11.4. The Morgan fingerprint density at radius 2 is 2.25 bits per heavy atom. The third-order valence-corrected chi connectivity index (χ3v) is 3.77. The maximum atomic E-state index is 10.5. The van der Waals surface area contributed by atoms with Crippen LogP contribution in [-0.4, -0.2) is 13.2 Å². The van der Waals surface area contributed by atoms with Gasteiger partial charge in [-0.2, -0.15) is 4.99 Å². The first-order valence-corrected chi connectivity index (χ1v) is 5.94. The van der Waals surface area contributed by atoms with E-state index in [1.54, 1.807) is 13.2 Å². The molecule has 1 fully saturated rings. The van der Waals surface area contributed by atoms with E-state index in [-0.39, 0.29) is 5.54 Å². The van der Waals surface area contributed by atoms with Crippen LogP contribution in [0.25, 0.3) is 0 Å². The average molecular weight is 282 g/mol. The molecule has 0 aliphatic heterocycles. The molecule has 16 heavy (non-hydrogen) atoms. The van der Waals surface area contributed by atoms with Crippen molar-refractivity contribution in [3.05, 3.63) is 28.2 Å². The average Bonchev–Trinajstić information content (AvgIpc) is 2.24. The molecule has 0 spiro atoms. The summed E-state index contributed by atoms with van der Waals surface area (Å²) >= 11 is 3.50. The summed E-state index contributed by atoms with van der Waals surface area (Å²) in [7, 11) is 1.63. The molecule has 1 aromatic carbocycles. The lowest BCUT2D eigenvalue weighted by molar-refractivity contribution is 0.254. The highest BCUT2D eigenvalue weighted by Crippen LogP contribution is 2.47. The molecule has 1 aromatic rings. The van der Waals surface area contributed by atoms with E-state index >= 15 is 0 Å². The second-order valence-electron chi connectivity index (χ2n) is 3.93. The van der Waals surface area contributed by atoms with Gasteiger partial charge in [0.1, 0.15) is 5.75 Å². The van der Waals surface area contributed by atoms with Crippen LogP contribution in [0.2, 0.25) is 0 Å². The van der Waals surface area contributed by atoms with Crippen molar-refractivity contribution in [1.82, 2.24) is 0 Å². The molecule has 0 saturated heterocycles. The Kier molecular flexibility index (Phi) is 3.13. The van der Waals surface area contributed by atoms with Gasteiger partial charge in [-0.05, 0) is 37.0 Å². The highest BCUT2D eigenvalue weighted by molar-refractivity contribution is 9.10. The normalized spacial score (nSPS) is 17.1. The molecule has 1 saturated carbocycles. The number of nitrogens with zero attached hydrogens (tertiary/aromatic N) is 1. The summed E-state index contributed by atoms with van der Waals surface area (Å²) in [6.45, 7) is 0. The van der Waals surface area contributed by atoms with Gasteiger partial charge in [0.25, 0.3) is 0 Å². The molecule has 4 heteroatoms. The number of hydrogen-bond acceptors (Lipinski definition) is 3. The number of isocyanates is 1. The largest absolute Gasteiger partial charge is 0.497 e. The Labute approximate surface area is 103 Å². The molecule has 0 amide bonds. The Hall–Kier alpha value is -1.12. The quantitative estimate of drug-likeness (QED) is 0.631. The van der Waals surface area contributed by atoms with E-state index in [1.807, 2.05) is 18.2 Å². The predicted octanol–water partition coefficient (Wildman–Crippen LogP) is 3.17. The van der Waals surface area contributed by atoms with E-state index in [2.05, 4.69) is 20.9 Å². The van der Waals surface area contributed by atoms with Crippen LogP contribution in [0.15, 0.2) is 27.7 Å². The van der Waals surface area contributed by atoms with Gasteiger partial charge in [-0.15, -0.1) is 0 Å². The van der Waals surface area contributed by atoms with E-state index in [1.165, 1.54) is 0 Å². The van der Waals surface area contributed by atoms with Gasteiger partial charge in [0.05, 0.1) is 12.6 Å². The molecular weight excluding hydrogens is 270 g/mol. The minimum Gasteiger partial charge on any atom is -0.497 e. The lowest BCUT2D eigenvalue weighted by Gasteiger charge is -2.37. The van der Waals surface area contributed by atoms with Crippen molar-refractivity contribution in [2.45, 2.75) is 24.8 Å². The summed E-state index contributed by atoms with van der Waals surface area (Å²) in [6.07, 6.45) is 4.61. The van der Waals surface area contributed by atoms with Crippen molar-refractivity contribution in [2.75, 3.05) is 7.11 Å². The van der Waals surface area contributed by atoms with Crippen molar-refractivity contribution >= 4 is 22.0 Å². The molecule has 0 heterocycles. The smallest absolute Gasteiger partial charge is 0.235 e. The molecule has 3 nitrogen and oxygen atoms in total. The highest BCUT2D eigenvalue weighted by atomic mass is 79.9. The first-order valence-electron chi connectivity index (χ1n) is 5.15. The van der Waals surface area contributed by atoms with Crippen molar-refractivity contribution in [2.24, 2.45) is 4.99 Å². The van der Waals surface area contributed by atoms with Gasteiger partial charge in [-0.1, -0.05) is 22.0 Å². The first-order chi connectivity index (χ1) is 7.72. The monoisotopic (exact) mass is 281 g/mol. The van der Waals surface area contributed by atoms with E-state index in [9.17, 15) is 4.79 Å². The van der Waals surface area contributed by atoms with Crippen molar-refractivity contribution in [3.63, 3.8) is 0 Å². The Balaban J connectivity index is 2.43. The van der Waals surface area contributed by atoms with Gasteiger partial charge in [0, 0.05) is 4.47 Å². The summed E-state index contributed by atoms with van der Waals surface area (Å²) in [6, 6.07) is 5.75. The number of hydrogen-bond donors (Lipinski definition) is 0. The fourth-order valence-electron chi connectivity index (χ4n) is 2.04. The molecule has 2 rings (SSSR count). The van der Waals surface area contributed by atoms with Crippen LogP contribution in [0.3, 0.4) is 0 Å². The maximum Gasteiger partial charge on any atom is 0.235 e. The number of methoxy groups -OCH3 is 1. The van der Waals surface area contributed by atoms with Gasteiger partial charge in [-0.3, -0.25) is 0 Å². The summed E-state index contributed by atoms with van der Waals surface area (Å²) < 4.78 is 6.07. The number of ether oxygens (including phenoxy) is 1. The summed E-state index contributed by atoms with van der Waals surface area (Å²) in [5.41, 5.74) is 0.690. The van der Waals surface area contributed by atoms with Crippen molar-refractivity contribution in [1.29, 1.82) is 0 Å².